The van der Waals surface area contributed by atoms with Gasteiger partial charge in [-0.1, -0.05) is 0 Å². The molecule has 13 heavy (non-hydrogen) atoms. The average Bonchev–Trinajstić information content (AvgIpc) is 1.84. The van der Waals surface area contributed by atoms with E-state index in [1.54, 1.807) is 0 Å². The van der Waals surface area contributed by atoms with Gasteiger partial charge in [-0.15, -0.1) is 0 Å². The fraction of sp³-hybridized carbons (Fsp3) is 0.667. The van der Waals surface area contributed by atoms with Crippen LogP contribution in [0.4, 0.5) is 0 Å². The molecule has 0 rings (SSSR count). The maximum absolute atomic E-state index is 8.74. The van der Waals surface area contributed by atoms with Crippen LogP contribution in [0, 0.1) is 5.41 Å². The summed E-state index contributed by atoms with van der Waals surface area (Å²) in [6.07, 6.45) is 0. The maximum Gasteiger partial charge on any atom is 0.394 e. The van der Waals surface area contributed by atoms with Crippen molar-refractivity contribution in [2.24, 2.45) is 11.6 Å². The fourth-order valence-electron chi connectivity index (χ4n) is 0.228. The Hall–Kier alpha value is -0.940. The Kier molecular flexibility index (Phi) is 7.36. The molecule has 0 saturated carbocycles. The van der Waals surface area contributed by atoms with Crippen molar-refractivity contribution in [3.05, 3.63) is 0 Å². The third-order valence-corrected chi connectivity index (χ3v) is 0.650. The number of hydrogen-bond acceptors (Lipinski definition) is 5. The maximum atomic E-state index is 8.74. The van der Waals surface area contributed by atoms with Gasteiger partial charge in [-0.3, -0.25) is 19.5 Å². The Morgan fingerprint density at radius 1 is 1.46 bits per heavy atom. The summed E-state index contributed by atoms with van der Waals surface area (Å²) >= 11 is 0. The molecule has 0 aromatic carbocycles. The molecule has 10 heteroatoms. The highest BCUT2D eigenvalue weighted by Crippen LogP contribution is 1.69. The van der Waals surface area contributed by atoms with Gasteiger partial charge in [-0.05, 0) is 0 Å². The first-order valence-corrected chi connectivity index (χ1v) is 4.25. The minimum Gasteiger partial charge on any atom is -0.394 e. The van der Waals surface area contributed by atoms with Gasteiger partial charge < -0.3 is 10.8 Å². The van der Waals surface area contributed by atoms with E-state index in [4.69, 9.17) is 39.6 Å². The molecule has 0 fully saturated rings. The smallest absolute Gasteiger partial charge is 0.394 e. The van der Waals surface area contributed by atoms with E-state index in [1.165, 1.54) is 0 Å². The molecule has 0 aliphatic heterocycles. The zero-order valence-electron chi connectivity index (χ0n) is 6.58. The lowest BCUT2D eigenvalue weighted by molar-refractivity contribution is 0.250. The average molecular weight is 216 g/mol. The Bertz CT molecular complexity index is 230. The minimum atomic E-state index is -4.67. The second-order valence-corrected chi connectivity index (χ2v) is 2.65. The second-order valence-electron chi connectivity index (χ2n) is 1.75. The summed E-state index contributed by atoms with van der Waals surface area (Å²) in [6, 6.07) is 0. The number of hydrazine groups is 1. The van der Waals surface area contributed by atoms with Crippen molar-refractivity contribution in [1.29, 1.82) is 5.41 Å². The SMILES string of the molecule is N=C(N)N(N)CCO.O=S(=O)(O)O. The molecule has 0 aliphatic rings. The molecular formula is C3H12N4O5S. The summed E-state index contributed by atoms with van der Waals surface area (Å²) in [5.74, 6) is 4.81. The summed E-state index contributed by atoms with van der Waals surface area (Å²) in [6.45, 7) is 0.116. The standard InChI is InChI=1S/C3H10N4O.H2O4S/c4-3(5)7(6)1-2-8;1-5(2,3)4/h8H,1-2,6H2,(H3,4,5);(H2,1,2,3,4). The number of aliphatic hydroxyl groups excluding tert-OH is 1. The van der Waals surface area contributed by atoms with Gasteiger partial charge in [-0.2, -0.15) is 8.42 Å². The van der Waals surface area contributed by atoms with Crippen LogP contribution in [0.15, 0.2) is 0 Å². The molecule has 0 amide bonds. The molecule has 0 aromatic rings. The van der Waals surface area contributed by atoms with Gasteiger partial charge in [0.05, 0.1) is 13.2 Å². The molecule has 0 radical (unpaired) electrons. The van der Waals surface area contributed by atoms with Crippen LogP contribution in [0.3, 0.4) is 0 Å². The largest absolute Gasteiger partial charge is 0.394 e. The van der Waals surface area contributed by atoms with Crippen molar-refractivity contribution < 1.29 is 22.6 Å². The lowest BCUT2D eigenvalue weighted by atomic mass is 10.7. The molecule has 0 unspecified atom stereocenters. The fourth-order valence-corrected chi connectivity index (χ4v) is 0.228. The van der Waals surface area contributed by atoms with Gasteiger partial charge >= 0.3 is 10.4 Å². The van der Waals surface area contributed by atoms with Crippen molar-refractivity contribution in [3.8, 4) is 0 Å². The number of nitrogens with two attached hydrogens (primary N) is 2. The van der Waals surface area contributed by atoms with E-state index in [1.807, 2.05) is 0 Å². The quantitative estimate of drug-likeness (QED) is 0.0956. The highest BCUT2D eigenvalue weighted by Gasteiger charge is 1.95. The van der Waals surface area contributed by atoms with Gasteiger partial charge in [0.2, 0.25) is 5.96 Å². The van der Waals surface area contributed by atoms with Gasteiger partial charge in [0.25, 0.3) is 0 Å². The number of nitrogens with one attached hydrogen (secondary N) is 1. The number of guanidine groups is 1. The minimum absolute atomic E-state index is 0.0872. The molecule has 0 spiro atoms. The molecule has 0 heterocycles. The highest BCUT2D eigenvalue weighted by atomic mass is 32.3. The number of hydrogen-bond donors (Lipinski definition) is 6. The van der Waals surface area contributed by atoms with Crippen LogP contribution in [0.25, 0.3) is 0 Å². The monoisotopic (exact) mass is 216 g/mol. The van der Waals surface area contributed by atoms with E-state index >= 15 is 0 Å². The molecular weight excluding hydrogens is 204 g/mol. The number of aliphatic hydroxyl groups is 1. The van der Waals surface area contributed by atoms with E-state index in [-0.39, 0.29) is 19.1 Å². The van der Waals surface area contributed by atoms with Crippen LogP contribution in [0.2, 0.25) is 0 Å². The van der Waals surface area contributed by atoms with Crippen LogP contribution < -0.4 is 11.6 Å². The Morgan fingerprint density at radius 2 is 1.77 bits per heavy atom. The van der Waals surface area contributed by atoms with Crippen LogP contribution in [-0.4, -0.2) is 46.7 Å². The van der Waals surface area contributed by atoms with Crippen LogP contribution in [0.1, 0.15) is 0 Å². The predicted octanol–water partition coefficient (Wildman–Crippen LogP) is -2.60. The third-order valence-electron chi connectivity index (χ3n) is 0.650. The first-order chi connectivity index (χ1) is 5.68. The topological polar surface area (TPSA) is 174 Å². The molecule has 0 atom stereocenters. The van der Waals surface area contributed by atoms with Gasteiger partial charge in [0, 0.05) is 0 Å². The van der Waals surface area contributed by atoms with E-state index < -0.39 is 10.4 Å². The molecule has 0 saturated heterocycles. The molecule has 9 nitrogen and oxygen atoms in total. The zero-order valence-corrected chi connectivity index (χ0v) is 7.40. The van der Waals surface area contributed by atoms with Crippen LogP contribution >= 0.6 is 0 Å². The first kappa shape index (κ1) is 14.6. The first-order valence-electron chi connectivity index (χ1n) is 2.85. The number of rotatable bonds is 2. The molecule has 0 bridgehead atoms. The predicted molar refractivity (Wildman–Crippen MR) is 44.1 cm³/mol. The lowest BCUT2D eigenvalue weighted by Gasteiger charge is -2.12. The third kappa shape index (κ3) is 24.7. The number of nitrogens with zero attached hydrogens (tertiary/aromatic N) is 1. The summed E-state index contributed by atoms with van der Waals surface area (Å²) in [4.78, 5) is 0. The summed E-state index contributed by atoms with van der Waals surface area (Å²) in [5, 5.41) is 15.8. The Morgan fingerprint density at radius 3 is 1.85 bits per heavy atom. The van der Waals surface area contributed by atoms with Gasteiger partial charge in [0.15, 0.2) is 0 Å². The van der Waals surface area contributed by atoms with Crippen LogP contribution in [0.5, 0.6) is 0 Å². The molecule has 0 aromatic heterocycles. The van der Waals surface area contributed by atoms with E-state index in [0.29, 0.717) is 0 Å². The molecule has 8 N–H and O–H groups in total. The van der Waals surface area contributed by atoms with Crippen molar-refractivity contribution in [2.75, 3.05) is 13.2 Å². The van der Waals surface area contributed by atoms with Gasteiger partial charge in [-0.25, -0.2) is 5.84 Å². The zero-order chi connectivity index (χ0) is 11.1. The summed E-state index contributed by atoms with van der Waals surface area (Å²) in [7, 11) is -4.67. The van der Waals surface area contributed by atoms with Crippen molar-refractivity contribution >= 4 is 16.4 Å². The molecule has 0 aliphatic carbocycles. The normalized spacial score (nSPS) is 9.85. The van der Waals surface area contributed by atoms with E-state index in [9.17, 15) is 0 Å². The summed E-state index contributed by atoms with van der Waals surface area (Å²) in [5.41, 5.74) is 4.90. The van der Waals surface area contributed by atoms with Crippen LogP contribution in [-0.2, 0) is 10.4 Å². The van der Waals surface area contributed by atoms with Crippen molar-refractivity contribution in [2.45, 2.75) is 0 Å². The lowest BCUT2D eigenvalue weighted by Crippen LogP contribution is -2.43. The van der Waals surface area contributed by atoms with Crippen molar-refractivity contribution in [1.82, 2.24) is 5.01 Å². The Balaban J connectivity index is 0. The van der Waals surface area contributed by atoms with E-state index in [2.05, 4.69) is 0 Å². The molecule has 80 valence electrons. The van der Waals surface area contributed by atoms with Gasteiger partial charge in [0.1, 0.15) is 0 Å². The van der Waals surface area contributed by atoms with E-state index in [0.717, 1.165) is 5.01 Å². The summed E-state index contributed by atoms with van der Waals surface area (Å²) < 4.78 is 31.6. The second kappa shape index (κ2) is 6.56. The van der Waals surface area contributed by atoms with Crippen molar-refractivity contribution in [3.63, 3.8) is 0 Å². The Labute approximate surface area is 75.0 Å². The highest BCUT2D eigenvalue weighted by molar-refractivity contribution is 7.79.